The highest BCUT2D eigenvalue weighted by atomic mass is 32.1. The van der Waals surface area contributed by atoms with Crippen LogP contribution in [0, 0.1) is 12.8 Å². The third-order valence-corrected chi connectivity index (χ3v) is 5.60. The van der Waals surface area contributed by atoms with Crippen molar-refractivity contribution in [3.8, 4) is 5.75 Å². The lowest BCUT2D eigenvalue weighted by Gasteiger charge is -2.31. The zero-order valence-electron chi connectivity index (χ0n) is 16.5. The van der Waals surface area contributed by atoms with Crippen molar-refractivity contribution < 1.29 is 14.3 Å². The van der Waals surface area contributed by atoms with Gasteiger partial charge in [-0.15, -0.1) is 5.10 Å². The lowest BCUT2D eigenvalue weighted by Crippen LogP contribution is -2.41. The first-order chi connectivity index (χ1) is 13.4. The minimum atomic E-state index is -0.0824. The van der Waals surface area contributed by atoms with E-state index < -0.39 is 0 Å². The number of nitrogens with one attached hydrogen (secondary N) is 1. The summed E-state index contributed by atoms with van der Waals surface area (Å²) in [5.41, 5.74) is 1.31. The van der Waals surface area contributed by atoms with Crippen LogP contribution < -0.4 is 10.1 Å². The second-order valence-electron chi connectivity index (χ2n) is 7.32. The zero-order valence-corrected chi connectivity index (χ0v) is 17.3. The first kappa shape index (κ1) is 20.3. The molecule has 1 aliphatic rings. The topological polar surface area (TPSA) is 84.4 Å². The number of nitrogens with zero attached hydrogens (tertiary/aromatic N) is 3. The minimum Gasteiger partial charge on any atom is -0.491 e. The largest absolute Gasteiger partial charge is 0.491 e. The van der Waals surface area contributed by atoms with E-state index in [1.165, 1.54) is 0 Å². The number of hydrogen-bond acceptors (Lipinski definition) is 6. The molecule has 0 aliphatic carbocycles. The van der Waals surface area contributed by atoms with Gasteiger partial charge in [-0.1, -0.05) is 4.49 Å². The molecule has 0 atom stereocenters. The van der Waals surface area contributed by atoms with Crippen molar-refractivity contribution in [1.29, 1.82) is 0 Å². The van der Waals surface area contributed by atoms with Crippen LogP contribution >= 0.6 is 11.5 Å². The van der Waals surface area contributed by atoms with E-state index in [1.807, 2.05) is 30.9 Å². The van der Waals surface area contributed by atoms with Crippen molar-refractivity contribution in [1.82, 2.24) is 19.8 Å². The van der Waals surface area contributed by atoms with E-state index in [-0.39, 0.29) is 17.9 Å². The van der Waals surface area contributed by atoms with Gasteiger partial charge in [0.1, 0.15) is 10.6 Å². The van der Waals surface area contributed by atoms with Gasteiger partial charge in [-0.25, -0.2) is 0 Å². The van der Waals surface area contributed by atoms with Gasteiger partial charge in [-0.3, -0.25) is 9.59 Å². The summed E-state index contributed by atoms with van der Waals surface area (Å²) in [6.45, 7) is 7.74. The molecule has 0 spiro atoms. The molecule has 0 saturated carbocycles. The molecule has 8 heteroatoms. The van der Waals surface area contributed by atoms with Gasteiger partial charge >= 0.3 is 0 Å². The van der Waals surface area contributed by atoms with Crippen LogP contribution in [-0.4, -0.2) is 52.0 Å². The third kappa shape index (κ3) is 5.07. The van der Waals surface area contributed by atoms with Crippen molar-refractivity contribution >= 4 is 23.3 Å². The fraction of sp³-hybridized carbons (Fsp3) is 0.500. The second kappa shape index (κ2) is 9.14. The summed E-state index contributed by atoms with van der Waals surface area (Å²) in [6, 6.07) is 7.18. The molecule has 1 aromatic carbocycles. The lowest BCUT2D eigenvalue weighted by atomic mass is 9.96. The van der Waals surface area contributed by atoms with Crippen LogP contribution in [0.15, 0.2) is 24.3 Å². The van der Waals surface area contributed by atoms with Crippen LogP contribution in [0.1, 0.15) is 52.4 Å². The van der Waals surface area contributed by atoms with Gasteiger partial charge in [0, 0.05) is 25.2 Å². The highest BCUT2D eigenvalue weighted by Gasteiger charge is 2.26. The van der Waals surface area contributed by atoms with Crippen molar-refractivity contribution in [2.75, 3.05) is 19.6 Å². The molecule has 1 saturated heterocycles. The second-order valence-corrected chi connectivity index (χ2v) is 8.08. The highest BCUT2D eigenvalue weighted by molar-refractivity contribution is 7.07. The normalized spacial score (nSPS) is 14.9. The number of rotatable bonds is 6. The maximum atomic E-state index is 12.5. The number of amides is 2. The van der Waals surface area contributed by atoms with E-state index in [0.717, 1.165) is 30.1 Å². The number of likely N-dealkylation sites (tertiary alicyclic amines) is 1. The molecule has 1 N–H and O–H groups in total. The Balaban J connectivity index is 1.44. The molecular formula is C20H26N4O3S. The zero-order chi connectivity index (χ0) is 20.1. The van der Waals surface area contributed by atoms with Crippen molar-refractivity contribution in [2.24, 2.45) is 5.92 Å². The SMILES string of the molecule is Cc1nnsc1C(=O)N1CCC(CNC(=O)c2ccc(OC(C)C)cc2)CC1. The van der Waals surface area contributed by atoms with E-state index in [0.29, 0.717) is 41.7 Å². The Morgan fingerprint density at radius 3 is 2.50 bits per heavy atom. The van der Waals surface area contributed by atoms with E-state index >= 15 is 0 Å². The molecule has 0 unspecified atom stereocenters. The molecule has 150 valence electrons. The van der Waals surface area contributed by atoms with Crippen LogP contribution in [0.2, 0.25) is 0 Å². The number of aromatic nitrogens is 2. The summed E-state index contributed by atoms with van der Waals surface area (Å²) in [4.78, 5) is 27.3. The van der Waals surface area contributed by atoms with Gasteiger partial charge in [0.15, 0.2) is 0 Å². The predicted octanol–water partition coefficient (Wildman–Crippen LogP) is 2.92. The Bertz CT molecular complexity index is 811. The fourth-order valence-electron chi connectivity index (χ4n) is 3.21. The van der Waals surface area contributed by atoms with Gasteiger partial charge in [0.2, 0.25) is 0 Å². The van der Waals surface area contributed by atoms with Crippen molar-refractivity contribution in [2.45, 2.75) is 39.7 Å². The monoisotopic (exact) mass is 402 g/mol. The molecule has 2 aromatic rings. The molecule has 2 heterocycles. The lowest BCUT2D eigenvalue weighted by molar-refractivity contribution is 0.0688. The molecule has 0 radical (unpaired) electrons. The van der Waals surface area contributed by atoms with Gasteiger partial charge in [0.25, 0.3) is 11.8 Å². The summed E-state index contributed by atoms with van der Waals surface area (Å²) in [6.07, 6.45) is 1.85. The summed E-state index contributed by atoms with van der Waals surface area (Å²) < 4.78 is 9.43. The van der Waals surface area contributed by atoms with Gasteiger partial charge in [0.05, 0.1) is 11.8 Å². The first-order valence-electron chi connectivity index (χ1n) is 9.57. The summed E-state index contributed by atoms with van der Waals surface area (Å²) >= 11 is 1.15. The molecule has 3 rings (SSSR count). The van der Waals surface area contributed by atoms with E-state index in [9.17, 15) is 9.59 Å². The van der Waals surface area contributed by atoms with Crippen LogP contribution in [0.25, 0.3) is 0 Å². The van der Waals surface area contributed by atoms with Crippen LogP contribution in [0.3, 0.4) is 0 Å². The van der Waals surface area contributed by atoms with E-state index in [1.54, 1.807) is 19.1 Å². The van der Waals surface area contributed by atoms with Crippen LogP contribution in [0.4, 0.5) is 0 Å². The van der Waals surface area contributed by atoms with Crippen molar-refractivity contribution in [3.05, 3.63) is 40.4 Å². The number of ether oxygens (including phenoxy) is 1. The molecule has 1 fully saturated rings. The number of piperidine rings is 1. The Morgan fingerprint density at radius 1 is 1.25 bits per heavy atom. The summed E-state index contributed by atoms with van der Waals surface area (Å²) in [5, 5.41) is 6.92. The maximum Gasteiger partial charge on any atom is 0.267 e. The van der Waals surface area contributed by atoms with Gasteiger partial charge < -0.3 is 15.0 Å². The van der Waals surface area contributed by atoms with Crippen LogP contribution in [0.5, 0.6) is 5.75 Å². The van der Waals surface area contributed by atoms with E-state index in [4.69, 9.17) is 4.74 Å². The predicted molar refractivity (Wildman–Crippen MR) is 108 cm³/mol. The van der Waals surface area contributed by atoms with Crippen LogP contribution in [-0.2, 0) is 0 Å². The third-order valence-electron chi connectivity index (χ3n) is 4.79. The molecule has 0 bridgehead atoms. The average molecular weight is 403 g/mol. The van der Waals surface area contributed by atoms with Gasteiger partial charge in [-0.05, 0) is 75.3 Å². The summed E-state index contributed by atoms with van der Waals surface area (Å²) in [5.74, 6) is 1.06. The summed E-state index contributed by atoms with van der Waals surface area (Å²) in [7, 11) is 0. The molecule has 28 heavy (non-hydrogen) atoms. The number of aryl methyl sites for hydroxylation is 1. The maximum absolute atomic E-state index is 12.5. The number of benzene rings is 1. The Labute approximate surface area is 169 Å². The molecular weight excluding hydrogens is 376 g/mol. The standard InChI is InChI=1S/C20H26N4O3S/c1-13(2)27-17-6-4-16(5-7-17)19(25)21-12-15-8-10-24(11-9-15)20(26)18-14(3)22-23-28-18/h4-7,13,15H,8-12H2,1-3H3,(H,21,25). The fourth-order valence-corrected chi connectivity index (χ4v) is 3.83. The number of carbonyl (C=O) groups excluding carboxylic acids is 2. The Morgan fingerprint density at radius 2 is 1.93 bits per heavy atom. The minimum absolute atomic E-state index is 0.0127. The molecule has 7 nitrogen and oxygen atoms in total. The molecule has 1 aliphatic heterocycles. The molecule has 2 amide bonds. The number of hydrogen-bond donors (Lipinski definition) is 1. The Kier molecular flexibility index (Phi) is 6.61. The van der Waals surface area contributed by atoms with Gasteiger partial charge in [-0.2, -0.15) is 0 Å². The Hall–Kier alpha value is -2.48. The quantitative estimate of drug-likeness (QED) is 0.803. The molecule has 1 aromatic heterocycles. The highest BCUT2D eigenvalue weighted by Crippen LogP contribution is 2.21. The van der Waals surface area contributed by atoms with Crippen molar-refractivity contribution in [3.63, 3.8) is 0 Å². The number of carbonyl (C=O) groups is 2. The van der Waals surface area contributed by atoms with E-state index in [2.05, 4.69) is 14.9 Å². The smallest absolute Gasteiger partial charge is 0.267 e. The first-order valence-corrected chi connectivity index (χ1v) is 10.3. The average Bonchev–Trinajstić information content (AvgIpc) is 3.12.